The van der Waals surface area contributed by atoms with Crippen molar-refractivity contribution in [3.63, 3.8) is 0 Å². The first-order valence-corrected chi connectivity index (χ1v) is 5.92. The van der Waals surface area contributed by atoms with Gasteiger partial charge in [-0.15, -0.1) is 0 Å². The Morgan fingerprint density at radius 1 is 0.900 bits per heavy atom. The van der Waals surface area contributed by atoms with Crippen molar-refractivity contribution in [3.05, 3.63) is 51.5 Å². The highest BCUT2D eigenvalue weighted by Gasteiger charge is 2.27. The van der Waals surface area contributed by atoms with Gasteiger partial charge in [0, 0.05) is 15.6 Å². The first kappa shape index (κ1) is 14.9. The molecular weight excluding hydrogens is 319 g/mol. The van der Waals surface area contributed by atoms with Gasteiger partial charge in [0.05, 0.1) is 5.56 Å². The zero-order chi connectivity index (χ0) is 15.0. The number of hydrogen-bond acceptors (Lipinski definition) is 2. The molecule has 20 heavy (non-hydrogen) atoms. The maximum Gasteiger partial charge on any atom is 0.187 e. The fraction of sp³-hybridized carbons (Fsp3) is 0. The third kappa shape index (κ3) is 2.30. The summed E-state index contributed by atoms with van der Waals surface area (Å²) in [6, 6.07) is 3.72. The molecule has 8 heteroatoms. The third-order valence-electron chi connectivity index (χ3n) is 2.61. The molecule has 0 unspecified atom stereocenters. The second kappa shape index (κ2) is 5.47. The van der Waals surface area contributed by atoms with Crippen LogP contribution in [-0.2, 0) is 0 Å². The van der Waals surface area contributed by atoms with Gasteiger partial charge in [-0.3, -0.25) is 5.84 Å². The third-order valence-corrected chi connectivity index (χ3v) is 3.17. The van der Waals surface area contributed by atoms with Crippen molar-refractivity contribution >= 4 is 28.9 Å². The van der Waals surface area contributed by atoms with Gasteiger partial charge in [-0.2, -0.15) is 0 Å². The summed E-state index contributed by atoms with van der Waals surface area (Å²) in [6.07, 6.45) is 0. The summed E-state index contributed by atoms with van der Waals surface area (Å²) in [7, 11) is 0. The molecule has 0 saturated carbocycles. The monoisotopic (exact) mass is 324 g/mol. The van der Waals surface area contributed by atoms with Gasteiger partial charge in [0.1, 0.15) is 5.69 Å². The molecule has 0 heterocycles. The Morgan fingerprint density at radius 3 is 1.95 bits per heavy atom. The smallest absolute Gasteiger partial charge is 0.187 e. The number of nitrogens with one attached hydrogen (secondary N) is 1. The van der Waals surface area contributed by atoms with Crippen LogP contribution in [0.25, 0.3) is 11.1 Å². The summed E-state index contributed by atoms with van der Waals surface area (Å²) in [6.45, 7) is 0. The summed E-state index contributed by atoms with van der Waals surface area (Å²) in [5.41, 5.74) is -0.769. The van der Waals surface area contributed by atoms with E-state index in [0.717, 1.165) is 6.07 Å². The highest BCUT2D eigenvalue weighted by atomic mass is 35.5. The highest BCUT2D eigenvalue weighted by molar-refractivity contribution is 6.35. The molecule has 0 atom stereocenters. The van der Waals surface area contributed by atoms with Gasteiger partial charge in [-0.05, 0) is 18.2 Å². The van der Waals surface area contributed by atoms with Gasteiger partial charge >= 0.3 is 0 Å². The number of rotatable bonds is 2. The van der Waals surface area contributed by atoms with E-state index in [1.54, 1.807) is 5.43 Å². The molecule has 0 aliphatic carbocycles. The Kier molecular flexibility index (Phi) is 4.08. The first-order valence-electron chi connectivity index (χ1n) is 5.16. The standard InChI is InChI=1S/C12H6Cl2F4N2/c13-4-1-2-6(14)5(3-4)7-8(15)10(17)12(20-19)11(18)9(7)16/h1-3,20H,19H2. The number of anilines is 1. The second-order valence-electron chi connectivity index (χ2n) is 3.77. The zero-order valence-corrected chi connectivity index (χ0v) is 11.1. The van der Waals surface area contributed by atoms with E-state index in [9.17, 15) is 17.6 Å². The predicted octanol–water partition coefficient (Wildman–Crippen LogP) is 4.50. The number of halogens is 6. The summed E-state index contributed by atoms with van der Waals surface area (Å²) in [4.78, 5) is 0. The van der Waals surface area contributed by atoms with E-state index in [1.165, 1.54) is 12.1 Å². The molecule has 0 fully saturated rings. The van der Waals surface area contributed by atoms with Crippen LogP contribution in [0, 0.1) is 23.3 Å². The molecule has 0 saturated heterocycles. The van der Waals surface area contributed by atoms with Crippen LogP contribution in [0.15, 0.2) is 18.2 Å². The average molecular weight is 325 g/mol. The molecule has 2 rings (SSSR count). The molecule has 2 aromatic rings. The lowest BCUT2D eigenvalue weighted by atomic mass is 10.0. The van der Waals surface area contributed by atoms with Gasteiger partial charge in [-0.1, -0.05) is 23.2 Å². The van der Waals surface area contributed by atoms with Gasteiger partial charge in [0.15, 0.2) is 23.3 Å². The van der Waals surface area contributed by atoms with Crippen LogP contribution < -0.4 is 11.3 Å². The normalized spacial score (nSPS) is 10.8. The molecule has 3 N–H and O–H groups in total. The first-order chi connectivity index (χ1) is 9.38. The van der Waals surface area contributed by atoms with Crippen molar-refractivity contribution in [1.29, 1.82) is 0 Å². The summed E-state index contributed by atoms with van der Waals surface area (Å²) < 4.78 is 55.1. The molecule has 0 bridgehead atoms. The lowest BCUT2D eigenvalue weighted by molar-refractivity contribution is 0.463. The lowest BCUT2D eigenvalue weighted by Gasteiger charge is -2.12. The van der Waals surface area contributed by atoms with Crippen molar-refractivity contribution in [1.82, 2.24) is 0 Å². The summed E-state index contributed by atoms with van der Waals surface area (Å²) >= 11 is 11.5. The number of benzene rings is 2. The molecule has 0 aliphatic rings. The van der Waals surface area contributed by atoms with Gasteiger partial charge < -0.3 is 5.43 Å². The average Bonchev–Trinajstić information content (AvgIpc) is 2.41. The van der Waals surface area contributed by atoms with Crippen LogP contribution in [0.4, 0.5) is 23.2 Å². The Bertz CT molecular complexity index is 663. The van der Waals surface area contributed by atoms with E-state index in [-0.39, 0.29) is 15.6 Å². The quantitative estimate of drug-likeness (QED) is 0.369. The topological polar surface area (TPSA) is 38.0 Å². The minimum absolute atomic E-state index is 0.102. The van der Waals surface area contributed by atoms with Crippen LogP contribution in [-0.4, -0.2) is 0 Å². The van der Waals surface area contributed by atoms with Crippen molar-refractivity contribution in [2.24, 2.45) is 5.84 Å². The molecule has 2 nitrogen and oxygen atoms in total. The molecule has 0 aliphatic heterocycles. The Labute approximate surface area is 121 Å². The fourth-order valence-corrected chi connectivity index (χ4v) is 2.07. The van der Waals surface area contributed by atoms with Gasteiger partial charge in [0.25, 0.3) is 0 Å². The number of hydrogen-bond donors (Lipinski definition) is 2. The van der Waals surface area contributed by atoms with E-state index in [0.29, 0.717) is 0 Å². The van der Waals surface area contributed by atoms with Crippen molar-refractivity contribution in [2.45, 2.75) is 0 Å². The van der Waals surface area contributed by atoms with Crippen molar-refractivity contribution in [3.8, 4) is 11.1 Å². The van der Waals surface area contributed by atoms with Crippen LogP contribution in [0.1, 0.15) is 0 Å². The minimum atomic E-state index is -1.66. The molecule has 0 radical (unpaired) electrons. The van der Waals surface area contributed by atoms with Gasteiger partial charge in [-0.25, -0.2) is 17.6 Å². The van der Waals surface area contributed by atoms with Crippen LogP contribution in [0.2, 0.25) is 10.0 Å². The van der Waals surface area contributed by atoms with Gasteiger partial charge in [0.2, 0.25) is 0 Å². The molecule has 0 amide bonds. The molecule has 0 aromatic heterocycles. The SMILES string of the molecule is NNc1c(F)c(F)c(-c2cc(Cl)ccc2Cl)c(F)c1F. The van der Waals surface area contributed by atoms with Crippen LogP contribution in [0.5, 0.6) is 0 Å². The molecule has 106 valence electrons. The summed E-state index contributed by atoms with van der Waals surface area (Å²) in [5.74, 6) is -1.74. The minimum Gasteiger partial charge on any atom is -0.319 e. The second-order valence-corrected chi connectivity index (χ2v) is 4.62. The van der Waals surface area contributed by atoms with Crippen LogP contribution in [0.3, 0.4) is 0 Å². The maximum absolute atomic E-state index is 13.9. The molecule has 0 spiro atoms. The largest absolute Gasteiger partial charge is 0.319 e. The summed E-state index contributed by atoms with van der Waals surface area (Å²) in [5, 5.41) is -0.00972. The number of nitrogens with two attached hydrogens (primary N) is 1. The van der Waals surface area contributed by atoms with Crippen molar-refractivity contribution < 1.29 is 17.6 Å². The van der Waals surface area contributed by atoms with Crippen molar-refractivity contribution in [2.75, 3.05) is 5.43 Å². The predicted molar refractivity (Wildman–Crippen MR) is 69.5 cm³/mol. The molecule has 2 aromatic carbocycles. The van der Waals surface area contributed by atoms with E-state index in [2.05, 4.69) is 0 Å². The maximum atomic E-state index is 13.9. The van der Waals surface area contributed by atoms with E-state index in [1.807, 2.05) is 0 Å². The van der Waals surface area contributed by atoms with Crippen LogP contribution >= 0.6 is 23.2 Å². The fourth-order valence-electron chi connectivity index (χ4n) is 1.68. The Hall–Kier alpha value is -1.50. The Morgan fingerprint density at radius 2 is 1.45 bits per heavy atom. The van der Waals surface area contributed by atoms with E-state index in [4.69, 9.17) is 29.0 Å². The number of nitrogen functional groups attached to an aromatic ring is 1. The van der Waals surface area contributed by atoms with E-state index < -0.39 is 34.5 Å². The molecular formula is C12H6Cl2F4N2. The van der Waals surface area contributed by atoms with E-state index >= 15 is 0 Å². The highest BCUT2D eigenvalue weighted by Crippen LogP contribution is 2.38. The zero-order valence-electron chi connectivity index (χ0n) is 9.58. The lowest BCUT2D eigenvalue weighted by Crippen LogP contribution is -2.14. The number of hydrazine groups is 1. The Balaban J connectivity index is 2.85.